The fraction of sp³-hybridized carbons (Fsp3) is 0.0556. The van der Waals surface area contributed by atoms with Crippen LogP contribution in [0.1, 0.15) is 11.1 Å². The Morgan fingerprint density at radius 1 is 1.18 bits per heavy atom. The first-order valence-electron chi connectivity index (χ1n) is 7.74. The van der Waals surface area contributed by atoms with Gasteiger partial charge in [0.2, 0.25) is 5.91 Å². The number of amides is 1. The highest BCUT2D eigenvalue weighted by Gasteiger charge is 2.31. The lowest BCUT2D eigenvalue weighted by atomic mass is 10.1. The molecule has 5 nitrogen and oxygen atoms in total. The zero-order valence-electron chi connectivity index (χ0n) is 13.9. The molecule has 0 aliphatic carbocycles. The van der Waals surface area contributed by atoms with Gasteiger partial charge in [-0.25, -0.2) is 14.1 Å². The summed E-state index contributed by atoms with van der Waals surface area (Å²) in [6, 6.07) is 7.02. The summed E-state index contributed by atoms with van der Waals surface area (Å²) in [5.74, 6) is -1.28. The standard InChI is InChI=1S/C18H11BrF4N4O/c19-13-3-4-14(20)11(7-13)1-6-17(28)26-15-8-12(18(21,22)23)2-5-16(15)27-10-24-9-25-27/h1-10H,(H,26,28). The van der Waals surface area contributed by atoms with E-state index in [0.29, 0.717) is 4.47 Å². The molecule has 1 amide bonds. The van der Waals surface area contributed by atoms with Crippen LogP contribution in [0.25, 0.3) is 11.8 Å². The lowest BCUT2D eigenvalue weighted by molar-refractivity contribution is -0.137. The van der Waals surface area contributed by atoms with E-state index in [0.717, 1.165) is 18.2 Å². The Labute approximate surface area is 164 Å². The summed E-state index contributed by atoms with van der Waals surface area (Å²) in [7, 11) is 0. The number of alkyl halides is 3. The second kappa shape index (κ2) is 7.93. The van der Waals surface area contributed by atoms with E-state index >= 15 is 0 Å². The Bertz CT molecular complexity index is 1030. The third-order valence-electron chi connectivity index (χ3n) is 3.62. The number of anilines is 1. The average molecular weight is 455 g/mol. The van der Waals surface area contributed by atoms with Crippen LogP contribution in [0.5, 0.6) is 0 Å². The maximum Gasteiger partial charge on any atom is 0.416 e. The molecule has 0 aliphatic heterocycles. The van der Waals surface area contributed by atoms with Gasteiger partial charge < -0.3 is 5.32 Å². The molecule has 0 atom stereocenters. The molecule has 1 aromatic heterocycles. The van der Waals surface area contributed by atoms with Crippen molar-refractivity contribution in [1.29, 1.82) is 0 Å². The Morgan fingerprint density at radius 2 is 1.96 bits per heavy atom. The molecule has 0 spiro atoms. The molecule has 0 unspecified atom stereocenters. The molecule has 3 aromatic rings. The van der Waals surface area contributed by atoms with Crippen LogP contribution in [-0.2, 0) is 11.0 Å². The Kier molecular flexibility index (Phi) is 5.59. The molecule has 1 N–H and O–H groups in total. The van der Waals surface area contributed by atoms with Crippen molar-refractivity contribution in [3.05, 3.63) is 76.5 Å². The number of halogens is 5. The molecule has 28 heavy (non-hydrogen) atoms. The van der Waals surface area contributed by atoms with Gasteiger partial charge in [-0.1, -0.05) is 15.9 Å². The Balaban J connectivity index is 1.90. The Hall–Kier alpha value is -3.01. The molecule has 0 fully saturated rings. The van der Waals surface area contributed by atoms with Crippen molar-refractivity contribution in [1.82, 2.24) is 14.8 Å². The summed E-state index contributed by atoms with van der Waals surface area (Å²) in [5, 5.41) is 6.23. The van der Waals surface area contributed by atoms with Crippen molar-refractivity contribution in [2.24, 2.45) is 0 Å². The van der Waals surface area contributed by atoms with Gasteiger partial charge in [-0.3, -0.25) is 4.79 Å². The average Bonchev–Trinajstić information content (AvgIpc) is 3.16. The highest BCUT2D eigenvalue weighted by Crippen LogP contribution is 2.33. The topological polar surface area (TPSA) is 59.8 Å². The summed E-state index contributed by atoms with van der Waals surface area (Å²) in [5.41, 5.74) is -0.718. The number of carbonyl (C=O) groups excluding carboxylic acids is 1. The molecule has 10 heteroatoms. The summed E-state index contributed by atoms with van der Waals surface area (Å²) >= 11 is 3.19. The van der Waals surface area contributed by atoms with Gasteiger partial charge in [0.1, 0.15) is 18.5 Å². The highest BCUT2D eigenvalue weighted by atomic mass is 79.9. The normalized spacial score (nSPS) is 11.8. The quantitative estimate of drug-likeness (QED) is 0.453. The second-order valence-corrected chi connectivity index (χ2v) is 6.47. The van der Waals surface area contributed by atoms with Gasteiger partial charge in [-0.15, -0.1) is 0 Å². The third-order valence-corrected chi connectivity index (χ3v) is 4.11. The van der Waals surface area contributed by atoms with Crippen molar-refractivity contribution < 1.29 is 22.4 Å². The first-order chi connectivity index (χ1) is 13.2. The third kappa shape index (κ3) is 4.63. The van der Waals surface area contributed by atoms with Gasteiger partial charge in [-0.05, 0) is 42.5 Å². The van der Waals surface area contributed by atoms with Crippen LogP contribution in [0, 0.1) is 5.82 Å². The zero-order chi connectivity index (χ0) is 20.3. The SMILES string of the molecule is O=C(C=Cc1cc(Br)ccc1F)Nc1cc(C(F)(F)F)ccc1-n1cncn1. The van der Waals surface area contributed by atoms with Gasteiger partial charge >= 0.3 is 6.18 Å². The highest BCUT2D eigenvalue weighted by molar-refractivity contribution is 9.10. The van der Waals surface area contributed by atoms with E-state index in [1.807, 2.05) is 0 Å². The molecule has 0 saturated carbocycles. The van der Waals surface area contributed by atoms with Crippen molar-refractivity contribution in [3.63, 3.8) is 0 Å². The lowest BCUT2D eigenvalue weighted by Gasteiger charge is -2.13. The van der Waals surface area contributed by atoms with Crippen molar-refractivity contribution in [3.8, 4) is 5.69 Å². The van der Waals surface area contributed by atoms with Gasteiger partial charge in [0.15, 0.2) is 0 Å². The number of hydrogen-bond donors (Lipinski definition) is 1. The van der Waals surface area contributed by atoms with Crippen LogP contribution in [0.15, 0.2) is 59.6 Å². The lowest BCUT2D eigenvalue weighted by Crippen LogP contribution is -2.13. The molecule has 1 heterocycles. The number of aromatic nitrogens is 3. The predicted octanol–water partition coefficient (Wildman–Crippen LogP) is 4.84. The summed E-state index contributed by atoms with van der Waals surface area (Å²) in [4.78, 5) is 15.9. The Morgan fingerprint density at radius 3 is 2.64 bits per heavy atom. The molecule has 0 aliphatic rings. The smallest absolute Gasteiger partial charge is 0.321 e. The van der Waals surface area contributed by atoms with E-state index < -0.39 is 23.5 Å². The van der Waals surface area contributed by atoms with Gasteiger partial charge in [0, 0.05) is 16.1 Å². The van der Waals surface area contributed by atoms with Gasteiger partial charge in [0.25, 0.3) is 0 Å². The first-order valence-corrected chi connectivity index (χ1v) is 8.54. The van der Waals surface area contributed by atoms with Gasteiger partial charge in [-0.2, -0.15) is 18.3 Å². The minimum absolute atomic E-state index is 0.121. The number of nitrogens with zero attached hydrogens (tertiary/aromatic N) is 3. The number of nitrogens with one attached hydrogen (secondary N) is 1. The molecule has 0 radical (unpaired) electrons. The zero-order valence-corrected chi connectivity index (χ0v) is 15.5. The molecule has 2 aromatic carbocycles. The summed E-state index contributed by atoms with van der Waals surface area (Å²) in [6.45, 7) is 0. The first kappa shape index (κ1) is 19.7. The van der Waals surface area contributed by atoms with E-state index in [-0.39, 0.29) is 16.9 Å². The number of carbonyl (C=O) groups is 1. The maximum atomic E-state index is 13.7. The largest absolute Gasteiger partial charge is 0.416 e. The van der Waals surface area contributed by atoms with Crippen LogP contribution in [0.3, 0.4) is 0 Å². The number of hydrogen-bond acceptors (Lipinski definition) is 3. The van der Waals surface area contributed by atoms with Crippen LogP contribution >= 0.6 is 15.9 Å². The van der Waals surface area contributed by atoms with Crippen molar-refractivity contribution in [2.75, 3.05) is 5.32 Å². The second-order valence-electron chi connectivity index (χ2n) is 5.56. The summed E-state index contributed by atoms with van der Waals surface area (Å²) < 4.78 is 54.6. The number of benzene rings is 2. The van der Waals surface area contributed by atoms with E-state index in [1.54, 1.807) is 0 Å². The van der Waals surface area contributed by atoms with E-state index in [4.69, 9.17) is 0 Å². The minimum atomic E-state index is -4.59. The van der Waals surface area contributed by atoms with Crippen LogP contribution in [0.4, 0.5) is 23.2 Å². The van der Waals surface area contributed by atoms with Crippen molar-refractivity contribution >= 4 is 33.6 Å². The molecule has 0 saturated heterocycles. The van der Waals surface area contributed by atoms with Crippen LogP contribution in [-0.4, -0.2) is 20.7 Å². The maximum absolute atomic E-state index is 13.7. The van der Waals surface area contributed by atoms with E-state index in [1.165, 1.54) is 47.7 Å². The number of rotatable bonds is 4. The van der Waals surface area contributed by atoms with Crippen LogP contribution in [0.2, 0.25) is 0 Å². The van der Waals surface area contributed by atoms with Crippen LogP contribution < -0.4 is 5.32 Å². The predicted molar refractivity (Wildman–Crippen MR) is 98.1 cm³/mol. The summed E-state index contributed by atoms with van der Waals surface area (Å²) in [6.07, 6.45) is 0.147. The molecular formula is C18H11BrF4N4O. The molecular weight excluding hydrogens is 444 g/mol. The minimum Gasteiger partial charge on any atom is -0.321 e. The molecule has 0 bridgehead atoms. The fourth-order valence-electron chi connectivity index (χ4n) is 2.33. The van der Waals surface area contributed by atoms with E-state index in [9.17, 15) is 22.4 Å². The van der Waals surface area contributed by atoms with Crippen molar-refractivity contribution in [2.45, 2.75) is 6.18 Å². The van der Waals surface area contributed by atoms with E-state index in [2.05, 4.69) is 31.3 Å². The van der Waals surface area contributed by atoms with Gasteiger partial charge in [0.05, 0.1) is 16.9 Å². The molecule has 144 valence electrons. The fourth-order valence-corrected chi connectivity index (χ4v) is 2.71. The molecule has 3 rings (SSSR count). The monoisotopic (exact) mass is 454 g/mol.